The molecule has 3 aromatic rings. The van der Waals surface area contributed by atoms with Crippen LogP contribution in [0.3, 0.4) is 0 Å². The van der Waals surface area contributed by atoms with E-state index in [1.54, 1.807) is 18.9 Å². The Hall–Kier alpha value is -3.50. The van der Waals surface area contributed by atoms with E-state index in [0.29, 0.717) is 28.2 Å². The number of hydrogen-bond acceptors (Lipinski definition) is 6. The minimum atomic E-state index is -1.58. The van der Waals surface area contributed by atoms with Crippen LogP contribution in [0.4, 0.5) is 5.82 Å². The number of aryl methyl sites for hydroxylation is 1. The van der Waals surface area contributed by atoms with E-state index in [1.807, 2.05) is 36.4 Å². The van der Waals surface area contributed by atoms with Gasteiger partial charge in [-0.15, -0.1) is 0 Å². The van der Waals surface area contributed by atoms with Gasteiger partial charge in [0.05, 0.1) is 11.2 Å². The lowest BCUT2D eigenvalue weighted by molar-refractivity contribution is -0.140. The number of aliphatic hydroxyl groups is 1. The second-order valence-corrected chi connectivity index (χ2v) is 7.64. The van der Waals surface area contributed by atoms with Crippen LogP contribution in [0.25, 0.3) is 22.3 Å². The number of nitrogens with two attached hydrogens (primary N) is 1. The molecule has 2 fully saturated rings. The first-order valence-corrected chi connectivity index (χ1v) is 9.41. The number of amides is 1. The summed E-state index contributed by atoms with van der Waals surface area (Å²) in [6.07, 6.45) is 0.803. The number of nitrogens with zero attached hydrogens (tertiary/aromatic N) is 4. The molecule has 1 amide bonds. The molecule has 2 aliphatic rings. The fraction of sp³-hybridized carbons (Fsp3) is 0.273. The van der Waals surface area contributed by atoms with Crippen LogP contribution < -0.4 is 5.73 Å². The lowest BCUT2D eigenvalue weighted by atomic mass is 9.98. The molecular weight excluding hydrogens is 366 g/mol. The van der Waals surface area contributed by atoms with Gasteiger partial charge in [0.1, 0.15) is 11.3 Å². The molecule has 144 valence electrons. The van der Waals surface area contributed by atoms with Crippen molar-refractivity contribution in [2.45, 2.75) is 25.0 Å². The number of piperidine rings is 1. The van der Waals surface area contributed by atoms with E-state index in [9.17, 15) is 9.90 Å². The van der Waals surface area contributed by atoms with E-state index in [2.05, 4.69) is 26.8 Å². The van der Waals surface area contributed by atoms with Crippen LogP contribution in [0.5, 0.6) is 0 Å². The van der Waals surface area contributed by atoms with Crippen molar-refractivity contribution in [2.75, 3.05) is 12.8 Å². The fourth-order valence-corrected chi connectivity index (χ4v) is 4.02. The first kappa shape index (κ1) is 17.6. The Morgan fingerprint density at radius 2 is 2.07 bits per heavy atom. The predicted octanol–water partition coefficient (Wildman–Crippen LogP) is 1.53. The Morgan fingerprint density at radius 1 is 1.24 bits per heavy atom. The molecule has 0 unspecified atom stereocenters. The smallest absolute Gasteiger partial charge is 0.267 e. The minimum Gasteiger partial charge on any atom is -0.382 e. The number of rotatable bonds is 1. The quantitative estimate of drug-likeness (QED) is 0.616. The van der Waals surface area contributed by atoms with Gasteiger partial charge in [0.25, 0.3) is 5.91 Å². The second-order valence-electron chi connectivity index (χ2n) is 7.64. The molecule has 1 saturated carbocycles. The normalized spacial score (nSPS) is 24.9. The molecule has 0 radical (unpaired) electrons. The highest BCUT2D eigenvalue weighted by Crippen LogP contribution is 2.50. The van der Waals surface area contributed by atoms with E-state index in [0.717, 1.165) is 17.7 Å². The molecule has 0 spiro atoms. The van der Waals surface area contributed by atoms with Gasteiger partial charge in [-0.1, -0.05) is 24.0 Å². The molecule has 5 rings (SSSR count). The molecule has 1 saturated heterocycles. The summed E-state index contributed by atoms with van der Waals surface area (Å²) in [7, 11) is 1.72. The lowest BCUT2D eigenvalue weighted by Crippen LogP contribution is -2.41. The number of fused-ring (bicyclic) bond motifs is 2. The van der Waals surface area contributed by atoms with Crippen molar-refractivity contribution in [3.05, 3.63) is 47.8 Å². The van der Waals surface area contributed by atoms with E-state index in [1.165, 1.54) is 0 Å². The number of carbonyl (C=O) groups excluding carboxylic acids is 1. The second kappa shape index (κ2) is 6.00. The molecule has 3 N–H and O–H groups in total. The Balaban J connectivity index is 1.50. The molecule has 1 aromatic carbocycles. The van der Waals surface area contributed by atoms with Crippen molar-refractivity contribution in [3.8, 4) is 23.1 Å². The molecule has 1 aliphatic heterocycles. The number of hydrogen-bond donors (Lipinski definition) is 2. The van der Waals surface area contributed by atoms with Crippen LogP contribution in [0.15, 0.2) is 36.4 Å². The van der Waals surface area contributed by atoms with Crippen LogP contribution in [0.2, 0.25) is 0 Å². The zero-order valence-electron chi connectivity index (χ0n) is 16.0. The maximum absolute atomic E-state index is 12.3. The van der Waals surface area contributed by atoms with E-state index in [-0.39, 0.29) is 17.9 Å². The van der Waals surface area contributed by atoms with Gasteiger partial charge in [0, 0.05) is 30.1 Å². The van der Waals surface area contributed by atoms with Gasteiger partial charge in [-0.05, 0) is 37.6 Å². The number of pyridine rings is 1. The number of carbonyl (C=O) groups is 1. The van der Waals surface area contributed by atoms with Gasteiger partial charge in [0.2, 0.25) is 5.60 Å². The van der Waals surface area contributed by atoms with Crippen molar-refractivity contribution in [2.24, 2.45) is 5.92 Å². The summed E-state index contributed by atoms with van der Waals surface area (Å²) < 4.78 is 0. The third kappa shape index (κ3) is 2.72. The molecule has 7 nitrogen and oxygen atoms in total. The Morgan fingerprint density at radius 3 is 2.83 bits per heavy atom. The number of anilines is 1. The van der Waals surface area contributed by atoms with Crippen molar-refractivity contribution in [1.29, 1.82) is 0 Å². The average molecular weight is 385 g/mol. The van der Waals surface area contributed by atoms with Gasteiger partial charge < -0.3 is 15.7 Å². The van der Waals surface area contributed by atoms with Crippen LogP contribution in [-0.4, -0.2) is 49.6 Å². The summed E-state index contributed by atoms with van der Waals surface area (Å²) in [5, 5.41) is 10.8. The number of likely N-dealkylation sites (tertiary alicyclic amines) is 1. The highest BCUT2D eigenvalue weighted by molar-refractivity contribution is 5.93. The highest BCUT2D eigenvalue weighted by Gasteiger charge is 2.66. The van der Waals surface area contributed by atoms with E-state index < -0.39 is 5.60 Å². The summed E-state index contributed by atoms with van der Waals surface area (Å²) in [4.78, 5) is 27.0. The zero-order valence-corrected chi connectivity index (χ0v) is 16.0. The minimum absolute atomic E-state index is 0.0933. The van der Waals surface area contributed by atoms with E-state index in [4.69, 9.17) is 5.73 Å². The first-order valence-electron chi connectivity index (χ1n) is 9.41. The summed E-state index contributed by atoms with van der Waals surface area (Å²) in [6.45, 7) is 1.79. The highest BCUT2D eigenvalue weighted by atomic mass is 16.3. The SMILES string of the molecule is Cc1nc(N)c2nc(-c3cccc(C#C[C@@]4(O)C(=O)N(C)[C@@H]5C[C@@H]54)c3)ccc2n1. The topological polar surface area (TPSA) is 105 Å². The molecule has 1 aliphatic carbocycles. The standard InChI is InChI=1S/C22H19N5O2/c1-12-24-17-7-6-16(26-19(17)20(23)25-12)14-5-3-4-13(10-14)8-9-22(29)15-11-18(15)27(2)21(22)28/h3-7,10,15,18,29H,11H2,1-2H3,(H2,23,24,25)/t15-,18+,22-/m0/s1. The van der Waals surface area contributed by atoms with Crippen molar-refractivity contribution in [3.63, 3.8) is 0 Å². The fourth-order valence-electron chi connectivity index (χ4n) is 4.02. The van der Waals surface area contributed by atoms with Crippen LogP contribution in [0, 0.1) is 24.7 Å². The van der Waals surface area contributed by atoms with Crippen molar-refractivity contribution >= 4 is 22.8 Å². The zero-order chi connectivity index (χ0) is 20.3. The molecule has 29 heavy (non-hydrogen) atoms. The predicted molar refractivity (Wildman–Crippen MR) is 108 cm³/mol. The van der Waals surface area contributed by atoms with Crippen LogP contribution >= 0.6 is 0 Å². The Bertz CT molecular complexity index is 1240. The summed E-state index contributed by atoms with van der Waals surface area (Å²) in [6, 6.07) is 11.4. The summed E-state index contributed by atoms with van der Waals surface area (Å²) in [5.41, 5.74) is 7.94. The molecular formula is C22H19N5O2. The van der Waals surface area contributed by atoms with Gasteiger partial charge in [-0.2, -0.15) is 0 Å². The van der Waals surface area contributed by atoms with E-state index >= 15 is 0 Å². The monoisotopic (exact) mass is 385 g/mol. The lowest BCUT2D eigenvalue weighted by Gasteiger charge is -2.18. The number of likely N-dealkylation sites (N-methyl/N-ethyl adjacent to an activating group) is 1. The van der Waals surface area contributed by atoms with Gasteiger partial charge in [-0.3, -0.25) is 4.79 Å². The van der Waals surface area contributed by atoms with Crippen molar-refractivity contribution in [1.82, 2.24) is 19.9 Å². The Labute approximate surface area is 167 Å². The summed E-state index contributed by atoms with van der Waals surface area (Å²) >= 11 is 0. The van der Waals surface area contributed by atoms with Gasteiger partial charge in [-0.25, -0.2) is 15.0 Å². The maximum Gasteiger partial charge on any atom is 0.267 e. The van der Waals surface area contributed by atoms with Crippen LogP contribution in [0.1, 0.15) is 17.8 Å². The summed E-state index contributed by atoms with van der Waals surface area (Å²) in [5.74, 6) is 6.34. The molecule has 3 heterocycles. The number of benzene rings is 1. The molecule has 7 heteroatoms. The van der Waals surface area contributed by atoms with Crippen molar-refractivity contribution < 1.29 is 9.90 Å². The number of aromatic nitrogens is 3. The first-order chi connectivity index (χ1) is 13.9. The molecule has 2 aromatic heterocycles. The molecule has 3 atom stereocenters. The maximum atomic E-state index is 12.3. The number of nitrogen functional groups attached to an aromatic ring is 1. The third-order valence-corrected chi connectivity index (χ3v) is 5.67. The Kier molecular flexibility index (Phi) is 3.64. The third-order valence-electron chi connectivity index (χ3n) is 5.67. The van der Waals surface area contributed by atoms with Crippen LogP contribution in [-0.2, 0) is 4.79 Å². The average Bonchev–Trinajstić information content (AvgIpc) is 3.49. The van der Waals surface area contributed by atoms with Gasteiger partial charge in [0.15, 0.2) is 5.82 Å². The van der Waals surface area contributed by atoms with Gasteiger partial charge >= 0.3 is 0 Å². The molecule has 0 bridgehead atoms. The largest absolute Gasteiger partial charge is 0.382 e.